The van der Waals surface area contributed by atoms with Crippen molar-refractivity contribution in [2.75, 3.05) is 19.8 Å². The molecule has 1 atom stereocenters. The SMILES string of the molecule is CCOC(=O)[C@H](C)SP(=O)(OCC)OCC. The number of esters is 1. The van der Waals surface area contributed by atoms with Crippen LogP contribution in [0.3, 0.4) is 0 Å². The molecule has 7 heteroatoms. The molecular weight excluding hydrogens is 251 g/mol. The maximum Gasteiger partial charge on any atom is 0.389 e. The van der Waals surface area contributed by atoms with Crippen LogP contribution in [0.2, 0.25) is 0 Å². The fourth-order valence-corrected chi connectivity index (χ4v) is 4.70. The standard InChI is InChI=1S/C9H19O5PS/c1-5-12-9(10)8(4)16-15(11,13-6-2)14-7-3/h8H,5-7H2,1-4H3/t8-/m0/s1. The monoisotopic (exact) mass is 270 g/mol. The molecule has 0 aliphatic heterocycles. The van der Waals surface area contributed by atoms with Crippen LogP contribution in [0.1, 0.15) is 27.7 Å². The van der Waals surface area contributed by atoms with Gasteiger partial charge < -0.3 is 13.8 Å². The maximum absolute atomic E-state index is 12.0. The van der Waals surface area contributed by atoms with E-state index < -0.39 is 18.0 Å². The first-order chi connectivity index (χ1) is 7.49. The average Bonchev–Trinajstić information content (AvgIpc) is 2.18. The minimum Gasteiger partial charge on any atom is -0.465 e. The lowest BCUT2D eigenvalue weighted by atomic mass is 10.5. The molecule has 0 heterocycles. The molecule has 0 fully saturated rings. The summed E-state index contributed by atoms with van der Waals surface area (Å²) in [6, 6.07) is 0. The minimum absolute atomic E-state index is 0.278. The summed E-state index contributed by atoms with van der Waals surface area (Å²) in [6.45, 7) is 4.41. The summed E-state index contributed by atoms with van der Waals surface area (Å²) in [5.74, 6) is -0.410. The van der Waals surface area contributed by atoms with Crippen LogP contribution in [0, 0.1) is 0 Å². The molecular formula is C9H19O5PS. The van der Waals surface area contributed by atoms with E-state index in [-0.39, 0.29) is 13.2 Å². The first-order valence-corrected chi connectivity index (χ1v) is 8.26. The summed E-state index contributed by atoms with van der Waals surface area (Å²) in [5.41, 5.74) is 0. The van der Waals surface area contributed by atoms with Crippen LogP contribution in [-0.4, -0.2) is 31.0 Å². The summed E-state index contributed by atoms with van der Waals surface area (Å²) in [7, 11) is 0. The maximum atomic E-state index is 12.0. The zero-order chi connectivity index (χ0) is 12.6. The van der Waals surface area contributed by atoms with Crippen molar-refractivity contribution in [3.8, 4) is 0 Å². The van der Waals surface area contributed by atoms with Gasteiger partial charge in [0.1, 0.15) is 5.25 Å². The summed E-state index contributed by atoms with van der Waals surface area (Å²) in [5, 5.41) is -0.566. The Hall–Kier alpha value is -0.0300. The van der Waals surface area contributed by atoms with Crippen molar-refractivity contribution in [1.82, 2.24) is 0 Å². The van der Waals surface area contributed by atoms with Crippen LogP contribution in [0.5, 0.6) is 0 Å². The molecule has 0 amide bonds. The molecule has 0 saturated heterocycles. The van der Waals surface area contributed by atoms with Crippen LogP contribution in [-0.2, 0) is 23.1 Å². The van der Waals surface area contributed by atoms with E-state index in [2.05, 4.69) is 0 Å². The van der Waals surface area contributed by atoms with Gasteiger partial charge in [0.15, 0.2) is 0 Å². The van der Waals surface area contributed by atoms with E-state index in [1.165, 1.54) is 0 Å². The van der Waals surface area contributed by atoms with Crippen molar-refractivity contribution in [3.63, 3.8) is 0 Å². The molecule has 0 aromatic heterocycles. The quantitative estimate of drug-likeness (QED) is 0.499. The number of carbonyl (C=O) groups excluding carboxylic acids is 1. The highest BCUT2D eigenvalue weighted by atomic mass is 32.7. The normalized spacial score (nSPS) is 13.5. The molecule has 0 saturated carbocycles. The minimum atomic E-state index is -3.24. The van der Waals surface area contributed by atoms with Crippen LogP contribution in [0.15, 0.2) is 0 Å². The van der Waals surface area contributed by atoms with Gasteiger partial charge in [0.25, 0.3) is 0 Å². The van der Waals surface area contributed by atoms with Gasteiger partial charge in [-0.3, -0.25) is 4.79 Å². The first-order valence-electron chi connectivity index (χ1n) is 5.23. The molecule has 16 heavy (non-hydrogen) atoms. The van der Waals surface area contributed by atoms with Crippen molar-refractivity contribution >= 4 is 24.1 Å². The van der Waals surface area contributed by atoms with Gasteiger partial charge in [-0.05, 0) is 39.1 Å². The molecule has 0 spiro atoms. The lowest BCUT2D eigenvalue weighted by Gasteiger charge is -2.18. The van der Waals surface area contributed by atoms with Crippen molar-refractivity contribution in [2.45, 2.75) is 32.9 Å². The van der Waals surface area contributed by atoms with Gasteiger partial charge in [-0.25, -0.2) is 4.57 Å². The van der Waals surface area contributed by atoms with E-state index in [9.17, 15) is 9.36 Å². The summed E-state index contributed by atoms with van der Waals surface area (Å²) in [4.78, 5) is 11.4. The number of rotatable bonds is 8. The van der Waals surface area contributed by atoms with Gasteiger partial charge in [-0.2, -0.15) is 0 Å². The van der Waals surface area contributed by atoms with Gasteiger partial charge in [-0.1, -0.05) is 0 Å². The Bertz CT molecular complexity index is 248. The summed E-state index contributed by atoms with van der Waals surface area (Å²) in [6.07, 6.45) is 0. The molecule has 0 aromatic carbocycles. The van der Waals surface area contributed by atoms with E-state index in [1.54, 1.807) is 27.7 Å². The van der Waals surface area contributed by atoms with E-state index in [0.29, 0.717) is 6.61 Å². The molecule has 0 unspecified atom stereocenters. The fourth-order valence-electron chi connectivity index (χ4n) is 0.911. The Morgan fingerprint density at radius 2 is 1.69 bits per heavy atom. The molecule has 0 aromatic rings. The Morgan fingerprint density at radius 1 is 1.19 bits per heavy atom. The van der Waals surface area contributed by atoms with Crippen molar-refractivity contribution in [1.29, 1.82) is 0 Å². The summed E-state index contributed by atoms with van der Waals surface area (Å²) < 4.78 is 27.0. The van der Waals surface area contributed by atoms with Crippen molar-refractivity contribution in [3.05, 3.63) is 0 Å². The molecule has 0 N–H and O–H groups in total. The highest BCUT2D eigenvalue weighted by Gasteiger charge is 2.31. The molecule has 0 bridgehead atoms. The third-order valence-corrected chi connectivity index (χ3v) is 5.75. The van der Waals surface area contributed by atoms with Gasteiger partial charge in [0, 0.05) is 0 Å². The van der Waals surface area contributed by atoms with Gasteiger partial charge in [0.2, 0.25) is 0 Å². The van der Waals surface area contributed by atoms with E-state index in [0.717, 1.165) is 11.4 Å². The molecule has 0 aliphatic carbocycles. The van der Waals surface area contributed by atoms with E-state index >= 15 is 0 Å². The largest absolute Gasteiger partial charge is 0.465 e. The van der Waals surface area contributed by atoms with Crippen molar-refractivity contribution < 1.29 is 23.1 Å². The second-order valence-electron chi connectivity index (χ2n) is 2.78. The Labute approximate surface area is 100 Å². The van der Waals surface area contributed by atoms with Crippen LogP contribution < -0.4 is 0 Å². The van der Waals surface area contributed by atoms with Crippen LogP contribution in [0.25, 0.3) is 0 Å². The van der Waals surface area contributed by atoms with Crippen LogP contribution in [0.4, 0.5) is 0 Å². The van der Waals surface area contributed by atoms with Gasteiger partial charge in [0.05, 0.1) is 19.8 Å². The lowest BCUT2D eigenvalue weighted by Crippen LogP contribution is -2.17. The van der Waals surface area contributed by atoms with Crippen LogP contribution >= 0.6 is 18.2 Å². The zero-order valence-electron chi connectivity index (χ0n) is 10.1. The van der Waals surface area contributed by atoms with Gasteiger partial charge >= 0.3 is 12.8 Å². The predicted molar refractivity (Wildman–Crippen MR) is 64.5 cm³/mol. The Kier molecular flexibility index (Phi) is 8.10. The summed E-state index contributed by atoms with van der Waals surface area (Å²) >= 11 is 0.881. The number of hydrogen-bond acceptors (Lipinski definition) is 6. The molecule has 0 radical (unpaired) electrons. The van der Waals surface area contributed by atoms with E-state index in [1.807, 2.05) is 0 Å². The smallest absolute Gasteiger partial charge is 0.389 e. The second kappa shape index (κ2) is 8.12. The number of hydrogen-bond donors (Lipinski definition) is 0. The Balaban J connectivity index is 4.38. The zero-order valence-corrected chi connectivity index (χ0v) is 11.8. The Morgan fingerprint density at radius 3 is 2.06 bits per heavy atom. The number of carbonyl (C=O) groups is 1. The van der Waals surface area contributed by atoms with Gasteiger partial charge in [-0.15, -0.1) is 0 Å². The van der Waals surface area contributed by atoms with E-state index in [4.69, 9.17) is 13.8 Å². The second-order valence-corrected chi connectivity index (χ2v) is 7.09. The lowest BCUT2D eigenvalue weighted by molar-refractivity contribution is -0.142. The molecule has 0 aliphatic rings. The molecule has 96 valence electrons. The number of ether oxygens (including phenoxy) is 1. The highest BCUT2D eigenvalue weighted by Crippen LogP contribution is 2.62. The molecule has 0 rings (SSSR count). The molecule has 5 nitrogen and oxygen atoms in total. The predicted octanol–water partition coefficient (Wildman–Crippen LogP) is 2.85. The topological polar surface area (TPSA) is 61.8 Å². The average molecular weight is 270 g/mol. The highest BCUT2D eigenvalue weighted by molar-refractivity contribution is 8.55. The van der Waals surface area contributed by atoms with Crippen molar-refractivity contribution in [2.24, 2.45) is 0 Å². The fraction of sp³-hybridized carbons (Fsp3) is 0.889. The first kappa shape index (κ1) is 16.0. The third-order valence-electron chi connectivity index (χ3n) is 1.48. The third kappa shape index (κ3) is 5.89.